The zero-order valence-electron chi connectivity index (χ0n) is 15.8. The molecule has 1 aliphatic heterocycles. The first-order valence-electron chi connectivity index (χ1n) is 9.60. The van der Waals surface area contributed by atoms with E-state index in [1.54, 1.807) is 42.5 Å². The van der Waals surface area contributed by atoms with Gasteiger partial charge in [-0.25, -0.2) is 17.6 Å². The highest BCUT2D eigenvalue weighted by Gasteiger charge is 2.25. The van der Waals surface area contributed by atoms with Gasteiger partial charge in [0.15, 0.2) is 0 Å². The topological polar surface area (TPSA) is 71.4 Å². The molecule has 152 valence electrons. The Balaban J connectivity index is 1.44. The van der Waals surface area contributed by atoms with E-state index in [9.17, 15) is 17.6 Å². The summed E-state index contributed by atoms with van der Waals surface area (Å²) >= 11 is 0. The third kappa shape index (κ3) is 3.90. The molecular weight excluding hydrogens is 393 g/mol. The lowest BCUT2D eigenvalue weighted by Crippen LogP contribution is -2.35. The number of piperidine rings is 1. The molecule has 2 heterocycles. The Morgan fingerprint density at radius 1 is 1.00 bits per heavy atom. The number of carbonyl (C=O) groups is 1. The van der Waals surface area contributed by atoms with E-state index in [-0.39, 0.29) is 23.3 Å². The van der Waals surface area contributed by atoms with Gasteiger partial charge in [-0.3, -0.25) is 4.57 Å². The van der Waals surface area contributed by atoms with Crippen LogP contribution in [0.1, 0.15) is 24.8 Å². The number of halogens is 1. The van der Waals surface area contributed by atoms with Crippen LogP contribution in [-0.2, 0) is 16.6 Å². The summed E-state index contributed by atoms with van der Waals surface area (Å²) in [5.41, 5.74) is 1.27. The SMILES string of the molecule is O=C(NCc1ccc(S(=O)(=O)N2CCCCC2)cc1)n1ccc2c(F)cccc21. The second-order valence-electron chi connectivity index (χ2n) is 7.13. The van der Waals surface area contributed by atoms with E-state index in [0.29, 0.717) is 24.0 Å². The van der Waals surface area contributed by atoms with Crippen molar-refractivity contribution < 1.29 is 17.6 Å². The number of hydrogen-bond acceptors (Lipinski definition) is 3. The maximum atomic E-state index is 13.8. The molecule has 0 atom stereocenters. The monoisotopic (exact) mass is 415 g/mol. The predicted octanol–water partition coefficient (Wildman–Crippen LogP) is 3.71. The van der Waals surface area contributed by atoms with Crippen molar-refractivity contribution in [3.8, 4) is 0 Å². The molecule has 6 nitrogen and oxygen atoms in total. The maximum absolute atomic E-state index is 13.8. The van der Waals surface area contributed by atoms with E-state index in [2.05, 4.69) is 5.32 Å². The second kappa shape index (κ2) is 7.96. The smallest absolute Gasteiger partial charge is 0.326 e. The highest BCUT2D eigenvalue weighted by Crippen LogP contribution is 2.21. The molecule has 0 unspecified atom stereocenters. The number of aromatic nitrogens is 1. The molecule has 0 spiro atoms. The lowest BCUT2D eigenvalue weighted by molar-refractivity contribution is 0.243. The molecule has 8 heteroatoms. The van der Waals surface area contributed by atoms with Crippen LogP contribution in [0.15, 0.2) is 59.6 Å². The number of nitrogens with zero attached hydrogens (tertiary/aromatic N) is 2. The fourth-order valence-electron chi connectivity index (χ4n) is 3.60. The van der Waals surface area contributed by atoms with Gasteiger partial charge in [0.05, 0.1) is 10.4 Å². The van der Waals surface area contributed by atoms with Crippen molar-refractivity contribution in [2.75, 3.05) is 13.1 Å². The van der Waals surface area contributed by atoms with Gasteiger partial charge in [-0.2, -0.15) is 4.31 Å². The summed E-state index contributed by atoms with van der Waals surface area (Å²) < 4.78 is 42.1. The number of nitrogens with one attached hydrogen (secondary N) is 1. The first kappa shape index (κ1) is 19.6. The van der Waals surface area contributed by atoms with Gasteiger partial charge in [0.1, 0.15) is 5.82 Å². The first-order valence-corrected chi connectivity index (χ1v) is 11.0. The Hall–Kier alpha value is -2.71. The summed E-state index contributed by atoms with van der Waals surface area (Å²) in [6, 6.07) is 12.3. The average molecular weight is 415 g/mol. The largest absolute Gasteiger partial charge is 0.333 e. The highest BCUT2D eigenvalue weighted by molar-refractivity contribution is 7.89. The van der Waals surface area contributed by atoms with Crippen LogP contribution in [0.25, 0.3) is 10.9 Å². The van der Waals surface area contributed by atoms with Gasteiger partial charge in [-0.15, -0.1) is 0 Å². The molecule has 29 heavy (non-hydrogen) atoms. The van der Waals surface area contributed by atoms with Crippen LogP contribution in [0.4, 0.5) is 9.18 Å². The summed E-state index contributed by atoms with van der Waals surface area (Å²) in [4.78, 5) is 12.7. The Morgan fingerprint density at radius 3 is 2.45 bits per heavy atom. The van der Waals surface area contributed by atoms with Gasteiger partial charge < -0.3 is 5.32 Å². The van der Waals surface area contributed by atoms with Crippen LogP contribution in [-0.4, -0.2) is 36.4 Å². The first-order chi connectivity index (χ1) is 14.0. The lowest BCUT2D eigenvalue weighted by Gasteiger charge is -2.25. The van der Waals surface area contributed by atoms with Gasteiger partial charge in [0.25, 0.3) is 0 Å². The van der Waals surface area contributed by atoms with Crippen molar-refractivity contribution in [3.63, 3.8) is 0 Å². The molecule has 1 fully saturated rings. The molecule has 4 rings (SSSR count). The Labute approximate surface area is 169 Å². The van der Waals surface area contributed by atoms with E-state index < -0.39 is 10.0 Å². The summed E-state index contributed by atoms with van der Waals surface area (Å²) in [7, 11) is -3.47. The standard InChI is InChI=1S/C21H22FN3O3S/c22-19-5-4-6-20-18(19)11-14-25(20)21(26)23-15-16-7-9-17(10-8-16)29(27,28)24-12-2-1-3-13-24/h4-11,14H,1-3,12-13,15H2,(H,23,26). The summed E-state index contributed by atoms with van der Waals surface area (Å²) in [5.74, 6) is -0.375. The van der Waals surface area contributed by atoms with Gasteiger partial charge >= 0.3 is 6.03 Å². The fraction of sp³-hybridized carbons (Fsp3) is 0.286. The third-order valence-electron chi connectivity index (χ3n) is 5.22. The van der Waals surface area contributed by atoms with Gasteiger partial charge in [-0.1, -0.05) is 24.6 Å². The lowest BCUT2D eigenvalue weighted by atomic mass is 10.2. The minimum absolute atomic E-state index is 0.234. The number of sulfonamides is 1. The summed E-state index contributed by atoms with van der Waals surface area (Å²) in [6.07, 6.45) is 4.37. The Morgan fingerprint density at radius 2 is 1.72 bits per heavy atom. The van der Waals surface area contributed by atoms with Crippen LogP contribution in [0, 0.1) is 5.82 Å². The van der Waals surface area contributed by atoms with Crippen molar-refractivity contribution >= 4 is 27.0 Å². The second-order valence-corrected chi connectivity index (χ2v) is 9.06. The molecule has 1 saturated heterocycles. The minimum atomic E-state index is -3.47. The van der Waals surface area contributed by atoms with Crippen LogP contribution < -0.4 is 5.32 Å². The van der Waals surface area contributed by atoms with E-state index in [1.165, 1.54) is 21.1 Å². The Kier molecular flexibility index (Phi) is 5.38. The summed E-state index contributed by atoms with van der Waals surface area (Å²) in [6.45, 7) is 1.36. The molecule has 1 N–H and O–H groups in total. The van der Waals surface area contributed by atoms with E-state index in [1.807, 2.05) is 0 Å². The molecular formula is C21H22FN3O3S. The molecule has 1 amide bonds. The number of rotatable bonds is 4. The molecule has 3 aromatic rings. The molecule has 0 aliphatic carbocycles. The van der Waals surface area contributed by atoms with E-state index in [0.717, 1.165) is 24.8 Å². The fourth-order valence-corrected chi connectivity index (χ4v) is 5.12. The van der Waals surface area contributed by atoms with Gasteiger partial charge in [0.2, 0.25) is 10.0 Å². The molecule has 0 saturated carbocycles. The molecule has 1 aliphatic rings. The van der Waals surface area contributed by atoms with Gasteiger partial charge in [0, 0.05) is 31.2 Å². The normalized spacial score (nSPS) is 15.5. The van der Waals surface area contributed by atoms with Crippen molar-refractivity contribution in [2.24, 2.45) is 0 Å². The van der Waals surface area contributed by atoms with Gasteiger partial charge in [-0.05, 0) is 48.7 Å². The third-order valence-corrected chi connectivity index (χ3v) is 7.13. The van der Waals surface area contributed by atoms with E-state index in [4.69, 9.17) is 0 Å². The minimum Gasteiger partial charge on any atom is -0.333 e. The van der Waals surface area contributed by atoms with Crippen LogP contribution in [0.5, 0.6) is 0 Å². The van der Waals surface area contributed by atoms with Crippen molar-refractivity contribution in [3.05, 3.63) is 66.1 Å². The molecule has 1 aromatic heterocycles. The molecule has 0 radical (unpaired) electrons. The Bertz CT molecular complexity index is 1130. The van der Waals surface area contributed by atoms with E-state index >= 15 is 0 Å². The maximum Gasteiger partial charge on any atom is 0.326 e. The number of benzene rings is 2. The number of carbonyl (C=O) groups excluding carboxylic acids is 1. The zero-order valence-corrected chi connectivity index (χ0v) is 16.7. The predicted molar refractivity (Wildman–Crippen MR) is 109 cm³/mol. The number of fused-ring (bicyclic) bond motifs is 1. The summed E-state index contributed by atoms with van der Waals surface area (Å²) in [5, 5.41) is 3.16. The van der Waals surface area contributed by atoms with Crippen LogP contribution in [0.2, 0.25) is 0 Å². The van der Waals surface area contributed by atoms with Crippen molar-refractivity contribution in [2.45, 2.75) is 30.7 Å². The van der Waals surface area contributed by atoms with Crippen LogP contribution >= 0.6 is 0 Å². The average Bonchev–Trinajstić information content (AvgIpc) is 3.19. The zero-order chi connectivity index (χ0) is 20.4. The van der Waals surface area contributed by atoms with Crippen molar-refractivity contribution in [1.29, 1.82) is 0 Å². The highest BCUT2D eigenvalue weighted by atomic mass is 32.2. The van der Waals surface area contributed by atoms with Crippen LogP contribution in [0.3, 0.4) is 0 Å². The van der Waals surface area contributed by atoms with Crippen molar-refractivity contribution in [1.82, 2.24) is 14.2 Å². The quantitative estimate of drug-likeness (QED) is 0.706. The number of amides is 1. The molecule has 2 aromatic carbocycles. The number of hydrogen-bond donors (Lipinski definition) is 1. The molecule has 0 bridgehead atoms.